The molecule has 0 atom stereocenters. The van der Waals surface area contributed by atoms with E-state index in [1.165, 1.54) is 24.3 Å². The van der Waals surface area contributed by atoms with E-state index in [4.69, 9.17) is 0 Å². The molecule has 2 aromatic rings. The summed E-state index contributed by atoms with van der Waals surface area (Å²) in [5, 5.41) is 13.1. The summed E-state index contributed by atoms with van der Waals surface area (Å²) in [7, 11) is -9.68. The van der Waals surface area contributed by atoms with Crippen LogP contribution >= 0.6 is 10.2 Å². The molecule has 0 aliphatic heterocycles. The zero-order valence-corrected chi connectivity index (χ0v) is 11.5. The average molecular weight is 340 g/mol. The summed E-state index contributed by atoms with van der Waals surface area (Å²) >= 11 is 0. The number of non-ortho nitro benzene ring substituents is 1. The van der Waals surface area contributed by atoms with Gasteiger partial charge in [0.15, 0.2) is 0 Å². The maximum Gasteiger partial charge on any atom is 0.310 e. The van der Waals surface area contributed by atoms with Crippen LogP contribution in [0.15, 0.2) is 53.4 Å². The SMILES string of the molecule is O=[N+]([O-])c1ccc(Nc2ccc(S(F)(F)(F)(F)F)cc2)cc1. The van der Waals surface area contributed by atoms with Crippen molar-refractivity contribution in [1.82, 2.24) is 0 Å². The first-order chi connectivity index (χ1) is 9.85. The number of halogens is 5. The summed E-state index contributed by atoms with van der Waals surface area (Å²) in [6.45, 7) is 0. The van der Waals surface area contributed by atoms with E-state index in [0.29, 0.717) is 5.69 Å². The van der Waals surface area contributed by atoms with Crippen LogP contribution in [0.2, 0.25) is 0 Å². The molecule has 0 fully saturated rings. The zero-order valence-electron chi connectivity index (χ0n) is 10.7. The van der Waals surface area contributed by atoms with Crippen molar-refractivity contribution in [3.05, 3.63) is 58.6 Å². The third-order valence-electron chi connectivity index (χ3n) is 2.67. The second-order valence-electron chi connectivity index (χ2n) is 4.42. The van der Waals surface area contributed by atoms with Gasteiger partial charge in [0.05, 0.1) is 4.92 Å². The van der Waals surface area contributed by atoms with Gasteiger partial charge in [-0.3, -0.25) is 10.1 Å². The van der Waals surface area contributed by atoms with Gasteiger partial charge in [0.25, 0.3) is 5.69 Å². The van der Waals surface area contributed by atoms with Crippen LogP contribution in [0.25, 0.3) is 0 Å². The largest absolute Gasteiger partial charge is 0.356 e. The Morgan fingerprint density at radius 3 is 1.59 bits per heavy atom. The van der Waals surface area contributed by atoms with Crippen LogP contribution < -0.4 is 5.32 Å². The van der Waals surface area contributed by atoms with Gasteiger partial charge < -0.3 is 5.32 Å². The first kappa shape index (κ1) is 16.0. The fraction of sp³-hybridized carbons (Fsp3) is 0. The van der Waals surface area contributed by atoms with Gasteiger partial charge in [0.2, 0.25) is 0 Å². The molecule has 0 bridgehead atoms. The number of nitrogens with one attached hydrogen (secondary N) is 1. The van der Waals surface area contributed by atoms with Gasteiger partial charge in [-0.05, 0) is 36.4 Å². The minimum absolute atomic E-state index is 0.138. The number of hydrogen-bond donors (Lipinski definition) is 1. The first-order valence-corrected chi connectivity index (χ1v) is 7.66. The van der Waals surface area contributed by atoms with Gasteiger partial charge >= 0.3 is 10.2 Å². The number of rotatable bonds is 4. The summed E-state index contributed by atoms with van der Waals surface area (Å²) in [6.07, 6.45) is 0. The molecule has 0 heterocycles. The van der Waals surface area contributed by atoms with Gasteiger partial charge in [0, 0.05) is 23.5 Å². The molecule has 4 nitrogen and oxygen atoms in total. The van der Waals surface area contributed by atoms with Crippen molar-refractivity contribution in [2.75, 3.05) is 5.32 Å². The standard InChI is InChI=1S/C12H9F5N2O2S/c13-22(14,15,16,17)12-7-3-10(4-8-12)18-9-1-5-11(6-2-9)19(20)21/h1-8,18H. The smallest absolute Gasteiger partial charge is 0.310 e. The Kier molecular flexibility index (Phi) is 3.15. The van der Waals surface area contributed by atoms with Crippen molar-refractivity contribution in [2.24, 2.45) is 0 Å². The lowest BCUT2D eigenvalue weighted by atomic mass is 10.2. The summed E-state index contributed by atoms with van der Waals surface area (Å²) in [5.74, 6) is 0. The topological polar surface area (TPSA) is 55.2 Å². The van der Waals surface area contributed by atoms with E-state index in [9.17, 15) is 29.5 Å². The molecule has 0 unspecified atom stereocenters. The quantitative estimate of drug-likeness (QED) is 0.422. The Morgan fingerprint density at radius 2 is 1.23 bits per heavy atom. The molecule has 0 aliphatic carbocycles. The molecule has 0 spiro atoms. The normalized spacial score (nSPS) is 14.8. The first-order valence-electron chi connectivity index (χ1n) is 5.71. The van der Waals surface area contributed by atoms with Crippen LogP contribution in [0.5, 0.6) is 0 Å². The Morgan fingerprint density at radius 1 is 0.818 bits per heavy atom. The molecule has 2 rings (SSSR count). The number of nitro groups is 1. The monoisotopic (exact) mass is 340 g/mol. The van der Waals surface area contributed by atoms with Gasteiger partial charge in [-0.15, -0.1) is 0 Å². The molecule has 120 valence electrons. The molecule has 0 aromatic heterocycles. The van der Waals surface area contributed by atoms with Crippen LogP contribution in [0.1, 0.15) is 0 Å². The Hall–Kier alpha value is -2.36. The zero-order chi connectivity index (χ0) is 16.7. The molecule has 10 heteroatoms. The Bertz CT molecular complexity index is 714. The van der Waals surface area contributed by atoms with Crippen LogP contribution in [-0.4, -0.2) is 4.92 Å². The molecule has 2 aromatic carbocycles. The van der Waals surface area contributed by atoms with Crippen molar-refractivity contribution in [3.8, 4) is 0 Å². The minimum atomic E-state index is -9.68. The maximum absolute atomic E-state index is 12.5. The lowest BCUT2D eigenvalue weighted by molar-refractivity contribution is -0.384. The van der Waals surface area contributed by atoms with Gasteiger partial charge in [-0.25, -0.2) is 0 Å². The van der Waals surface area contributed by atoms with Gasteiger partial charge in [-0.2, -0.15) is 0 Å². The molecule has 0 radical (unpaired) electrons. The van der Waals surface area contributed by atoms with Crippen molar-refractivity contribution < 1.29 is 24.4 Å². The highest BCUT2D eigenvalue weighted by Gasteiger charge is 2.65. The minimum Gasteiger partial charge on any atom is -0.356 e. The third kappa shape index (κ3) is 3.85. The highest BCUT2D eigenvalue weighted by Crippen LogP contribution is 3.02. The van der Waals surface area contributed by atoms with E-state index >= 15 is 0 Å². The number of anilines is 2. The highest BCUT2D eigenvalue weighted by molar-refractivity contribution is 8.45. The second kappa shape index (κ2) is 4.32. The molecule has 22 heavy (non-hydrogen) atoms. The molecule has 0 saturated heterocycles. The number of hydrogen-bond acceptors (Lipinski definition) is 3. The lowest BCUT2D eigenvalue weighted by Crippen LogP contribution is -2.05. The fourth-order valence-electron chi connectivity index (χ4n) is 1.63. The van der Waals surface area contributed by atoms with E-state index in [-0.39, 0.29) is 23.5 Å². The lowest BCUT2D eigenvalue weighted by Gasteiger charge is -2.40. The van der Waals surface area contributed by atoms with E-state index in [1.807, 2.05) is 0 Å². The molecule has 0 amide bonds. The van der Waals surface area contributed by atoms with Crippen molar-refractivity contribution in [2.45, 2.75) is 4.90 Å². The Balaban J connectivity index is 2.20. The number of benzene rings is 2. The van der Waals surface area contributed by atoms with Crippen LogP contribution in [-0.2, 0) is 0 Å². The fourth-order valence-corrected chi connectivity index (χ4v) is 2.28. The van der Waals surface area contributed by atoms with Crippen LogP contribution in [0, 0.1) is 10.1 Å². The summed E-state index contributed by atoms with van der Waals surface area (Å²) in [5.41, 5.74) is 0.354. The molecular weight excluding hydrogens is 331 g/mol. The van der Waals surface area contributed by atoms with E-state index < -0.39 is 20.0 Å². The predicted octanol–water partition coefficient (Wildman–Crippen LogP) is 6.00. The van der Waals surface area contributed by atoms with Crippen molar-refractivity contribution in [3.63, 3.8) is 0 Å². The number of nitro benzene ring substituents is 1. The van der Waals surface area contributed by atoms with E-state index in [0.717, 1.165) is 12.1 Å². The summed E-state index contributed by atoms with van der Waals surface area (Å²) in [4.78, 5) is 7.89. The highest BCUT2D eigenvalue weighted by atomic mass is 32.5. The molecule has 0 saturated carbocycles. The molecular formula is C12H9F5N2O2S. The van der Waals surface area contributed by atoms with Gasteiger partial charge in [-0.1, -0.05) is 19.4 Å². The van der Waals surface area contributed by atoms with E-state index in [1.54, 1.807) is 0 Å². The Labute approximate surface area is 121 Å². The number of nitrogens with zero attached hydrogens (tertiary/aromatic N) is 1. The molecule has 1 N–H and O–H groups in total. The van der Waals surface area contributed by atoms with Crippen molar-refractivity contribution >= 4 is 27.3 Å². The van der Waals surface area contributed by atoms with E-state index in [2.05, 4.69) is 5.32 Å². The van der Waals surface area contributed by atoms with Crippen LogP contribution in [0.3, 0.4) is 0 Å². The van der Waals surface area contributed by atoms with Crippen LogP contribution in [0.4, 0.5) is 36.5 Å². The summed E-state index contributed by atoms with van der Waals surface area (Å²) in [6, 6.07) is 7.37. The average Bonchev–Trinajstić information content (AvgIpc) is 2.37. The summed E-state index contributed by atoms with van der Waals surface area (Å²) < 4.78 is 62.7. The third-order valence-corrected chi connectivity index (χ3v) is 3.83. The molecule has 0 aliphatic rings. The second-order valence-corrected chi connectivity index (χ2v) is 6.83. The van der Waals surface area contributed by atoms with Gasteiger partial charge in [0.1, 0.15) is 4.90 Å². The predicted molar refractivity (Wildman–Crippen MR) is 74.2 cm³/mol. The maximum atomic E-state index is 12.5. The van der Waals surface area contributed by atoms with Crippen molar-refractivity contribution in [1.29, 1.82) is 0 Å².